The molecule has 3 N–H and O–H groups in total. The summed E-state index contributed by atoms with van der Waals surface area (Å²) in [4.78, 5) is 4.07. The van der Waals surface area contributed by atoms with Gasteiger partial charge in [0.05, 0.1) is 0 Å². The summed E-state index contributed by atoms with van der Waals surface area (Å²) >= 11 is 0. The van der Waals surface area contributed by atoms with Crippen molar-refractivity contribution < 1.29 is 13.6 Å². The Morgan fingerprint density at radius 3 is 2.85 bits per heavy atom. The van der Waals surface area contributed by atoms with Crippen LogP contribution >= 0.6 is 0 Å². The standard InChI is InChI=1S/C11H19N5O3S/c1-8-13-10(7-15(8)2)20(18,19)16-5-3-4-9(6-16)11(12)14-17/h7,9,17H,3-6H2,1-2H3,(H2,12,14). The molecule has 1 atom stereocenters. The molecular formula is C11H19N5O3S. The third-order valence-corrected chi connectivity index (χ3v) is 5.35. The van der Waals surface area contributed by atoms with Crippen LogP contribution in [0.2, 0.25) is 0 Å². The molecule has 1 aromatic heterocycles. The fraction of sp³-hybridized carbons (Fsp3) is 0.636. The zero-order valence-corrected chi connectivity index (χ0v) is 12.3. The molecule has 1 aliphatic heterocycles. The predicted molar refractivity (Wildman–Crippen MR) is 72.8 cm³/mol. The van der Waals surface area contributed by atoms with Gasteiger partial charge < -0.3 is 15.5 Å². The lowest BCUT2D eigenvalue weighted by Gasteiger charge is -2.30. The summed E-state index contributed by atoms with van der Waals surface area (Å²) in [5, 5.41) is 11.7. The number of piperidine rings is 1. The summed E-state index contributed by atoms with van der Waals surface area (Å²) in [5.74, 6) is 0.448. The molecule has 8 nitrogen and oxygen atoms in total. The molecule has 1 fully saturated rings. The van der Waals surface area contributed by atoms with Gasteiger partial charge in [-0.25, -0.2) is 13.4 Å². The number of nitrogens with two attached hydrogens (primary N) is 1. The molecule has 1 unspecified atom stereocenters. The molecule has 20 heavy (non-hydrogen) atoms. The molecule has 0 saturated carbocycles. The van der Waals surface area contributed by atoms with Crippen molar-refractivity contribution in [1.82, 2.24) is 13.9 Å². The first kappa shape index (κ1) is 14.8. The van der Waals surface area contributed by atoms with Crippen molar-refractivity contribution >= 4 is 15.9 Å². The smallest absolute Gasteiger partial charge is 0.262 e. The van der Waals surface area contributed by atoms with Crippen molar-refractivity contribution in [3.63, 3.8) is 0 Å². The maximum absolute atomic E-state index is 12.5. The molecular weight excluding hydrogens is 282 g/mol. The highest BCUT2D eigenvalue weighted by Crippen LogP contribution is 2.23. The molecule has 0 aromatic carbocycles. The summed E-state index contributed by atoms with van der Waals surface area (Å²) in [6.07, 6.45) is 2.88. The van der Waals surface area contributed by atoms with Crippen LogP contribution < -0.4 is 5.73 Å². The molecule has 1 saturated heterocycles. The number of aromatic nitrogens is 2. The Balaban J connectivity index is 2.25. The van der Waals surface area contributed by atoms with Crippen LogP contribution in [0.15, 0.2) is 16.4 Å². The predicted octanol–water partition coefficient (Wildman–Crippen LogP) is -0.124. The van der Waals surface area contributed by atoms with E-state index in [4.69, 9.17) is 10.9 Å². The molecule has 9 heteroatoms. The number of rotatable bonds is 3. The minimum Gasteiger partial charge on any atom is -0.409 e. The van der Waals surface area contributed by atoms with Gasteiger partial charge in [-0.1, -0.05) is 5.16 Å². The molecule has 0 radical (unpaired) electrons. The molecule has 0 amide bonds. The summed E-state index contributed by atoms with van der Waals surface area (Å²) in [6, 6.07) is 0. The Labute approximate surface area is 117 Å². The van der Waals surface area contributed by atoms with E-state index in [-0.39, 0.29) is 23.3 Å². The first-order valence-electron chi connectivity index (χ1n) is 6.33. The van der Waals surface area contributed by atoms with Crippen LogP contribution in [0.1, 0.15) is 18.7 Å². The Kier molecular flexibility index (Phi) is 4.00. The highest BCUT2D eigenvalue weighted by atomic mass is 32.2. The zero-order valence-electron chi connectivity index (χ0n) is 11.5. The maximum Gasteiger partial charge on any atom is 0.262 e. The summed E-state index contributed by atoms with van der Waals surface area (Å²) in [6.45, 7) is 2.38. The molecule has 0 bridgehead atoms. The van der Waals surface area contributed by atoms with Crippen molar-refractivity contribution in [3.05, 3.63) is 12.0 Å². The van der Waals surface area contributed by atoms with E-state index in [0.29, 0.717) is 25.2 Å². The number of sulfonamides is 1. The molecule has 1 aromatic rings. The van der Waals surface area contributed by atoms with Gasteiger partial charge in [-0.15, -0.1) is 0 Å². The monoisotopic (exact) mass is 301 g/mol. The van der Waals surface area contributed by atoms with E-state index >= 15 is 0 Å². The van der Waals surface area contributed by atoms with Gasteiger partial charge in [0.2, 0.25) is 0 Å². The second-order valence-electron chi connectivity index (χ2n) is 4.96. The van der Waals surface area contributed by atoms with Crippen molar-refractivity contribution in [1.29, 1.82) is 0 Å². The van der Waals surface area contributed by atoms with Gasteiger partial charge in [0.1, 0.15) is 11.7 Å². The largest absolute Gasteiger partial charge is 0.409 e. The zero-order chi connectivity index (χ0) is 14.9. The van der Waals surface area contributed by atoms with Crippen LogP contribution in [0.25, 0.3) is 0 Å². The summed E-state index contributed by atoms with van der Waals surface area (Å²) < 4.78 is 28.0. The summed E-state index contributed by atoms with van der Waals surface area (Å²) in [7, 11) is -1.88. The second kappa shape index (κ2) is 5.41. The highest BCUT2D eigenvalue weighted by molar-refractivity contribution is 7.89. The van der Waals surface area contributed by atoms with Gasteiger partial charge in [-0.2, -0.15) is 4.31 Å². The van der Waals surface area contributed by atoms with Crippen molar-refractivity contribution in [2.75, 3.05) is 13.1 Å². The molecule has 0 spiro atoms. The Bertz CT molecular complexity index is 603. The van der Waals surface area contributed by atoms with Gasteiger partial charge >= 0.3 is 0 Å². The number of aryl methyl sites for hydroxylation is 2. The van der Waals surface area contributed by atoms with Gasteiger partial charge in [-0.3, -0.25) is 0 Å². The third-order valence-electron chi connectivity index (χ3n) is 3.61. The van der Waals surface area contributed by atoms with Gasteiger partial charge in [0, 0.05) is 32.3 Å². The minimum absolute atomic E-state index is 0.0395. The second-order valence-corrected chi connectivity index (χ2v) is 6.85. The molecule has 2 heterocycles. The SMILES string of the molecule is Cc1nc(S(=O)(=O)N2CCCC(C(N)=NO)C2)cn1C. The number of amidine groups is 1. The van der Waals surface area contributed by atoms with E-state index < -0.39 is 10.0 Å². The van der Waals surface area contributed by atoms with E-state index in [9.17, 15) is 8.42 Å². The number of imidazole rings is 1. The Hall–Kier alpha value is -1.61. The van der Waals surface area contributed by atoms with Crippen molar-refractivity contribution in [2.45, 2.75) is 24.8 Å². The lowest BCUT2D eigenvalue weighted by Crippen LogP contribution is -2.44. The fourth-order valence-corrected chi connectivity index (χ4v) is 3.82. The number of hydrogen-bond acceptors (Lipinski definition) is 5. The number of oxime groups is 1. The van der Waals surface area contributed by atoms with Gasteiger partial charge in [0.25, 0.3) is 10.0 Å². The van der Waals surface area contributed by atoms with E-state index in [1.165, 1.54) is 10.5 Å². The summed E-state index contributed by atoms with van der Waals surface area (Å²) in [5.41, 5.74) is 5.58. The van der Waals surface area contributed by atoms with E-state index in [2.05, 4.69) is 10.1 Å². The number of hydrogen-bond donors (Lipinski definition) is 2. The quantitative estimate of drug-likeness (QED) is 0.349. The van der Waals surface area contributed by atoms with Crippen LogP contribution in [0, 0.1) is 12.8 Å². The third kappa shape index (κ3) is 2.63. The topological polar surface area (TPSA) is 114 Å². The highest BCUT2D eigenvalue weighted by Gasteiger charge is 2.33. The van der Waals surface area contributed by atoms with Crippen LogP contribution in [0.5, 0.6) is 0 Å². The van der Waals surface area contributed by atoms with Crippen LogP contribution in [-0.2, 0) is 17.1 Å². The Morgan fingerprint density at radius 1 is 1.60 bits per heavy atom. The fourth-order valence-electron chi connectivity index (χ4n) is 2.27. The molecule has 2 rings (SSSR count). The lowest BCUT2D eigenvalue weighted by molar-refractivity contribution is 0.287. The van der Waals surface area contributed by atoms with Crippen LogP contribution in [0.4, 0.5) is 0 Å². The van der Waals surface area contributed by atoms with Crippen LogP contribution in [0.3, 0.4) is 0 Å². The first-order valence-corrected chi connectivity index (χ1v) is 7.77. The normalized spacial score (nSPS) is 22.1. The van der Waals surface area contributed by atoms with E-state index in [1.807, 2.05) is 0 Å². The molecule has 1 aliphatic rings. The van der Waals surface area contributed by atoms with Gasteiger partial charge in [-0.05, 0) is 19.8 Å². The van der Waals surface area contributed by atoms with E-state index in [0.717, 1.165) is 0 Å². The average Bonchev–Trinajstić information content (AvgIpc) is 2.78. The van der Waals surface area contributed by atoms with Gasteiger partial charge in [0.15, 0.2) is 5.03 Å². The molecule has 112 valence electrons. The minimum atomic E-state index is -3.63. The maximum atomic E-state index is 12.5. The molecule has 0 aliphatic carbocycles. The van der Waals surface area contributed by atoms with E-state index in [1.54, 1.807) is 18.5 Å². The van der Waals surface area contributed by atoms with Crippen molar-refractivity contribution in [2.24, 2.45) is 23.9 Å². The lowest BCUT2D eigenvalue weighted by atomic mass is 9.99. The number of nitrogens with zero attached hydrogens (tertiary/aromatic N) is 4. The first-order chi connectivity index (χ1) is 9.36. The van der Waals surface area contributed by atoms with Crippen molar-refractivity contribution in [3.8, 4) is 0 Å². The van der Waals surface area contributed by atoms with Crippen LogP contribution in [-0.4, -0.2) is 46.4 Å². The average molecular weight is 301 g/mol. The Morgan fingerprint density at radius 2 is 2.30 bits per heavy atom.